The number of amides is 1. The van der Waals surface area contributed by atoms with Crippen molar-refractivity contribution >= 4 is 28.5 Å². The lowest BCUT2D eigenvalue weighted by Crippen LogP contribution is -2.24. The number of pyridine rings is 1. The molecule has 5 nitrogen and oxygen atoms in total. The second-order valence-electron chi connectivity index (χ2n) is 7.19. The molecule has 6 heteroatoms. The Balaban J connectivity index is 1.82. The van der Waals surface area contributed by atoms with Gasteiger partial charge in [-0.15, -0.1) is 0 Å². The number of fused-ring (bicyclic) bond motifs is 1. The first kappa shape index (κ1) is 20.1. The van der Waals surface area contributed by atoms with Gasteiger partial charge >= 0.3 is 0 Å². The van der Waals surface area contributed by atoms with Crippen molar-refractivity contribution in [2.45, 2.75) is 26.2 Å². The van der Waals surface area contributed by atoms with E-state index in [0.29, 0.717) is 28.5 Å². The molecule has 0 fully saturated rings. The Morgan fingerprint density at radius 2 is 1.80 bits per heavy atom. The number of nitrogens with one attached hydrogen (secondary N) is 2. The normalized spacial score (nSPS) is 11.0. The predicted molar refractivity (Wildman–Crippen MR) is 122 cm³/mol. The van der Waals surface area contributed by atoms with Crippen LogP contribution >= 0.6 is 11.6 Å². The Bertz CT molecular complexity index is 1150. The van der Waals surface area contributed by atoms with E-state index in [1.165, 1.54) is 0 Å². The number of nitrogens with zero attached hydrogens (tertiary/aromatic N) is 2. The maximum Gasteiger partial charge on any atom is 0.252 e. The summed E-state index contributed by atoms with van der Waals surface area (Å²) in [6.07, 6.45) is 3.15. The zero-order valence-corrected chi connectivity index (χ0v) is 17.5. The molecular weight excluding hydrogens is 396 g/mol. The molecule has 152 valence electrons. The van der Waals surface area contributed by atoms with Gasteiger partial charge in [0.25, 0.3) is 5.91 Å². The van der Waals surface area contributed by atoms with E-state index in [9.17, 15) is 4.79 Å². The van der Waals surface area contributed by atoms with E-state index in [1.807, 2.05) is 60.7 Å². The summed E-state index contributed by atoms with van der Waals surface area (Å²) >= 11 is 6.03. The van der Waals surface area contributed by atoms with Crippen LogP contribution < -0.4 is 5.32 Å². The minimum Gasteiger partial charge on any atom is -0.352 e. The van der Waals surface area contributed by atoms with Gasteiger partial charge in [-0.1, -0.05) is 73.8 Å². The van der Waals surface area contributed by atoms with E-state index in [2.05, 4.69) is 22.4 Å². The van der Waals surface area contributed by atoms with Crippen LogP contribution in [0.2, 0.25) is 5.02 Å². The number of aromatic amines is 1. The summed E-state index contributed by atoms with van der Waals surface area (Å²) in [4.78, 5) is 17.8. The Morgan fingerprint density at radius 3 is 2.53 bits per heavy atom. The fourth-order valence-corrected chi connectivity index (χ4v) is 3.58. The van der Waals surface area contributed by atoms with Crippen LogP contribution in [0.3, 0.4) is 0 Å². The molecule has 4 aromatic rings. The van der Waals surface area contributed by atoms with E-state index in [4.69, 9.17) is 16.6 Å². The number of hydrogen-bond donors (Lipinski definition) is 2. The standard InChI is InChI=1S/C24H23ClN4O/c1-2-3-7-14-26-24(30)19-15-20(16-10-12-18(25)13-11-16)27-23-21(19)22(28-29-23)17-8-5-4-6-9-17/h4-6,8-13,15H,2-3,7,14H2,1H3,(H,26,30)(H,27,28,29). The number of rotatable bonds is 7. The highest BCUT2D eigenvalue weighted by atomic mass is 35.5. The van der Waals surface area contributed by atoms with Crippen molar-refractivity contribution in [2.75, 3.05) is 6.54 Å². The van der Waals surface area contributed by atoms with Crippen molar-refractivity contribution in [1.82, 2.24) is 20.5 Å². The van der Waals surface area contributed by atoms with Crippen molar-refractivity contribution in [1.29, 1.82) is 0 Å². The minimum absolute atomic E-state index is 0.118. The van der Waals surface area contributed by atoms with Crippen molar-refractivity contribution in [3.05, 3.63) is 71.2 Å². The topological polar surface area (TPSA) is 70.7 Å². The van der Waals surface area contributed by atoms with Crippen LogP contribution in [0.1, 0.15) is 36.5 Å². The van der Waals surface area contributed by atoms with Gasteiger partial charge < -0.3 is 5.32 Å². The van der Waals surface area contributed by atoms with E-state index in [0.717, 1.165) is 41.5 Å². The summed E-state index contributed by atoms with van der Waals surface area (Å²) in [6.45, 7) is 2.79. The van der Waals surface area contributed by atoms with Gasteiger partial charge in [-0.25, -0.2) is 4.98 Å². The first-order valence-electron chi connectivity index (χ1n) is 10.2. The molecule has 2 aromatic heterocycles. The Labute approximate surface area is 180 Å². The molecule has 0 saturated carbocycles. The first-order valence-corrected chi connectivity index (χ1v) is 10.5. The van der Waals surface area contributed by atoms with Gasteiger partial charge in [0, 0.05) is 22.7 Å². The summed E-state index contributed by atoms with van der Waals surface area (Å²) in [7, 11) is 0. The number of halogens is 1. The lowest BCUT2D eigenvalue weighted by atomic mass is 10.0. The third-order valence-corrected chi connectivity index (χ3v) is 5.29. The van der Waals surface area contributed by atoms with Crippen molar-refractivity contribution in [2.24, 2.45) is 0 Å². The second-order valence-corrected chi connectivity index (χ2v) is 7.62. The SMILES string of the molecule is CCCCCNC(=O)c1cc(-c2ccc(Cl)cc2)nc2n[nH]c(-c3ccccc3)c12. The van der Waals surface area contributed by atoms with Gasteiger partial charge in [0.2, 0.25) is 0 Å². The van der Waals surface area contributed by atoms with Gasteiger partial charge in [-0.3, -0.25) is 9.89 Å². The van der Waals surface area contributed by atoms with Gasteiger partial charge in [-0.2, -0.15) is 5.10 Å². The number of hydrogen-bond acceptors (Lipinski definition) is 3. The third-order valence-electron chi connectivity index (χ3n) is 5.04. The van der Waals surface area contributed by atoms with Crippen LogP contribution in [0.5, 0.6) is 0 Å². The van der Waals surface area contributed by atoms with Crippen molar-refractivity contribution in [3.63, 3.8) is 0 Å². The van der Waals surface area contributed by atoms with Crippen LogP contribution in [0.15, 0.2) is 60.7 Å². The Morgan fingerprint density at radius 1 is 1.03 bits per heavy atom. The molecular formula is C24H23ClN4O. The third kappa shape index (κ3) is 4.21. The fraction of sp³-hybridized carbons (Fsp3) is 0.208. The molecule has 1 amide bonds. The van der Waals surface area contributed by atoms with E-state index < -0.39 is 0 Å². The highest BCUT2D eigenvalue weighted by molar-refractivity contribution is 6.30. The molecule has 2 heterocycles. The molecule has 0 aliphatic heterocycles. The van der Waals surface area contributed by atoms with Crippen LogP contribution in [-0.2, 0) is 0 Å². The van der Waals surface area contributed by atoms with Gasteiger partial charge in [-0.05, 0) is 24.6 Å². The number of H-pyrrole nitrogens is 1. The molecule has 0 radical (unpaired) electrons. The lowest BCUT2D eigenvalue weighted by molar-refractivity contribution is 0.0954. The molecule has 0 unspecified atom stereocenters. The fourth-order valence-electron chi connectivity index (χ4n) is 3.46. The zero-order valence-electron chi connectivity index (χ0n) is 16.8. The first-order chi connectivity index (χ1) is 14.7. The molecule has 0 bridgehead atoms. The Hall–Kier alpha value is -3.18. The number of carbonyl (C=O) groups is 1. The predicted octanol–water partition coefficient (Wildman–Crippen LogP) is 5.87. The van der Waals surface area contributed by atoms with E-state index in [-0.39, 0.29) is 5.91 Å². The summed E-state index contributed by atoms with van der Waals surface area (Å²) in [5, 5.41) is 11.9. The average molecular weight is 419 g/mol. The molecule has 0 spiro atoms. The summed E-state index contributed by atoms with van der Waals surface area (Å²) in [5.74, 6) is -0.118. The smallest absolute Gasteiger partial charge is 0.252 e. The van der Waals surface area contributed by atoms with E-state index in [1.54, 1.807) is 0 Å². The van der Waals surface area contributed by atoms with Gasteiger partial charge in [0.15, 0.2) is 5.65 Å². The molecule has 4 rings (SSSR count). The number of benzene rings is 2. The molecule has 2 N–H and O–H groups in total. The van der Waals surface area contributed by atoms with Crippen LogP contribution in [-0.4, -0.2) is 27.6 Å². The van der Waals surface area contributed by atoms with Crippen LogP contribution in [0, 0.1) is 0 Å². The number of carbonyl (C=O) groups excluding carboxylic acids is 1. The maximum absolute atomic E-state index is 13.1. The average Bonchev–Trinajstić information content (AvgIpc) is 3.21. The maximum atomic E-state index is 13.1. The minimum atomic E-state index is -0.118. The van der Waals surface area contributed by atoms with Gasteiger partial charge in [0.1, 0.15) is 0 Å². The summed E-state index contributed by atoms with van der Waals surface area (Å²) in [5.41, 5.74) is 4.39. The zero-order chi connectivity index (χ0) is 20.9. The quantitative estimate of drug-likeness (QED) is 0.369. The molecule has 30 heavy (non-hydrogen) atoms. The molecule has 0 aliphatic carbocycles. The lowest BCUT2D eigenvalue weighted by Gasteiger charge is -2.10. The van der Waals surface area contributed by atoms with Crippen LogP contribution in [0.25, 0.3) is 33.5 Å². The van der Waals surface area contributed by atoms with Gasteiger partial charge in [0.05, 0.1) is 22.3 Å². The van der Waals surface area contributed by atoms with Crippen LogP contribution in [0.4, 0.5) is 0 Å². The van der Waals surface area contributed by atoms with Crippen molar-refractivity contribution in [3.8, 4) is 22.5 Å². The summed E-state index contributed by atoms with van der Waals surface area (Å²) in [6, 6.07) is 19.1. The number of unbranched alkanes of at least 4 members (excludes halogenated alkanes) is 2. The van der Waals surface area contributed by atoms with E-state index >= 15 is 0 Å². The molecule has 0 saturated heterocycles. The largest absolute Gasteiger partial charge is 0.352 e. The molecule has 0 atom stereocenters. The summed E-state index contributed by atoms with van der Waals surface area (Å²) < 4.78 is 0. The Kier molecular flexibility index (Phi) is 6.10. The molecule has 0 aliphatic rings. The van der Waals surface area contributed by atoms with Crippen molar-refractivity contribution < 1.29 is 4.79 Å². The molecule has 2 aromatic carbocycles. The second kappa shape index (κ2) is 9.09. The number of aromatic nitrogens is 3. The highest BCUT2D eigenvalue weighted by Crippen LogP contribution is 2.31. The highest BCUT2D eigenvalue weighted by Gasteiger charge is 2.20. The monoisotopic (exact) mass is 418 g/mol.